The Balaban J connectivity index is 1.70. The van der Waals surface area contributed by atoms with Gasteiger partial charge >= 0.3 is 0 Å². The Hall–Kier alpha value is -2.40. The van der Waals surface area contributed by atoms with E-state index in [0.717, 1.165) is 47.9 Å². The molecule has 2 heterocycles. The van der Waals surface area contributed by atoms with E-state index in [1.165, 1.54) is 0 Å². The number of nitrogens with zero attached hydrogens (tertiary/aromatic N) is 2. The van der Waals surface area contributed by atoms with Crippen LogP contribution in [0.3, 0.4) is 0 Å². The summed E-state index contributed by atoms with van der Waals surface area (Å²) in [5.41, 5.74) is 8.52. The summed E-state index contributed by atoms with van der Waals surface area (Å²) in [4.78, 5) is 8.86. The van der Waals surface area contributed by atoms with Crippen LogP contribution in [0.5, 0.6) is 0 Å². The first-order chi connectivity index (χ1) is 14.3. The van der Waals surface area contributed by atoms with E-state index >= 15 is 0 Å². The molecular weight excluding hydrogens is 350 g/mol. The van der Waals surface area contributed by atoms with Crippen LogP contribution in [0.1, 0.15) is 40.1 Å². The number of hydrogen-bond acceptors (Lipinski definition) is 5. The summed E-state index contributed by atoms with van der Waals surface area (Å²) in [6.07, 6.45) is 6.97. The van der Waals surface area contributed by atoms with Crippen LogP contribution < -0.4 is 5.73 Å². The van der Waals surface area contributed by atoms with Crippen LogP contribution in [0.15, 0.2) is 47.7 Å². The fourth-order valence-corrected chi connectivity index (χ4v) is 5.64. The minimum Gasteiger partial charge on any atom is -0.462 e. The summed E-state index contributed by atoms with van der Waals surface area (Å²) in [7, 11) is 1.76. The van der Waals surface area contributed by atoms with Crippen molar-refractivity contribution in [1.82, 2.24) is 4.98 Å². The monoisotopic (exact) mass is 379 g/mol. The van der Waals surface area contributed by atoms with Crippen molar-refractivity contribution in [1.29, 1.82) is 0 Å². The fourth-order valence-electron chi connectivity index (χ4n) is 5.64. The molecule has 0 unspecified atom stereocenters. The first kappa shape index (κ1) is 15.5. The van der Waals surface area contributed by atoms with Crippen LogP contribution in [-0.4, -0.2) is 30.8 Å². The molecule has 2 N–H and O–H groups in total. The van der Waals surface area contributed by atoms with E-state index in [1.54, 1.807) is 19.5 Å². The third-order valence-electron chi connectivity index (χ3n) is 6.95. The molecule has 2 spiro atoms. The number of nitrogens with two attached hydrogens (primary N) is 1. The van der Waals surface area contributed by atoms with Crippen LogP contribution in [0.25, 0.3) is 11.1 Å². The van der Waals surface area contributed by atoms with Crippen LogP contribution >= 0.6 is 0 Å². The van der Waals surface area contributed by atoms with Crippen LogP contribution in [0.4, 0.5) is 0 Å². The van der Waals surface area contributed by atoms with Gasteiger partial charge in [-0.3, -0.25) is 4.98 Å². The van der Waals surface area contributed by atoms with Gasteiger partial charge in [-0.1, -0.05) is 19.1 Å². The summed E-state index contributed by atoms with van der Waals surface area (Å²) >= 11 is 0. The number of hydrogen-bond donors (Lipinski definition) is 1. The lowest BCUT2D eigenvalue weighted by atomic mass is 9.59. The van der Waals surface area contributed by atoms with Gasteiger partial charge in [0, 0.05) is 24.9 Å². The van der Waals surface area contributed by atoms with Crippen LogP contribution in [0, 0.1) is 11.3 Å². The summed E-state index contributed by atoms with van der Waals surface area (Å²) in [5.74, 6) is 0.294. The molecule has 1 fully saturated rings. The normalized spacial score (nSPS) is 36.6. The topological polar surface area (TPSA) is 69.7 Å². The van der Waals surface area contributed by atoms with Crippen molar-refractivity contribution in [3.05, 3.63) is 53.9 Å². The Morgan fingerprint density at radius 3 is 2.75 bits per heavy atom. The van der Waals surface area contributed by atoms with Gasteiger partial charge in [0.1, 0.15) is 12.1 Å². The number of benzene rings is 1. The molecule has 0 bridgehead atoms. The maximum absolute atomic E-state index is 8.90. The third kappa shape index (κ3) is 2.42. The van der Waals surface area contributed by atoms with E-state index in [4.69, 9.17) is 22.9 Å². The minimum atomic E-state index is -2.02. The summed E-state index contributed by atoms with van der Waals surface area (Å²) in [5, 5.41) is 0. The molecule has 28 heavy (non-hydrogen) atoms. The van der Waals surface area contributed by atoms with E-state index in [9.17, 15) is 0 Å². The third-order valence-corrected chi connectivity index (χ3v) is 6.95. The van der Waals surface area contributed by atoms with Crippen LogP contribution in [0.2, 0.25) is 0 Å². The molecule has 5 nitrogen and oxygen atoms in total. The molecular formula is C23H27N3O2. The van der Waals surface area contributed by atoms with Crippen LogP contribution in [-0.2, 0) is 21.4 Å². The van der Waals surface area contributed by atoms with Crippen molar-refractivity contribution in [3.8, 4) is 11.1 Å². The van der Waals surface area contributed by atoms with Crippen molar-refractivity contribution in [2.24, 2.45) is 22.1 Å². The first-order valence-electron chi connectivity index (χ1n) is 10.9. The molecule has 3 aliphatic rings. The van der Waals surface area contributed by atoms with Crippen molar-refractivity contribution in [2.45, 2.75) is 44.2 Å². The van der Waals surface area contributed by atoms with E-state index in [0.29, 0.717) is 5.92 Å². The molecule has 0 amide bonds. The predicted molar refractivity (Wildman–Crippen MR) is 109 cm³/mol. The van der Waals surface area contributed by atoms with Gasteiger partial charge in [-0.25, -0.2) is 4.99 Å². The number of methoxy groups -OCH3 is 1. The van der Waals surface area contributed by atoms with Gasteiger partial charge in [-0.05, 0) is 72.1 Å². The van der Waals surface area contributed by atoms with E-state index in [2.05, 4.69) is 30.1 Å². The first-order valence-corrected chi connectivity index (χ1v) is 9.93. The zero-order chi connectivity index (χ0) is 21.1. The standard InChI is InChI=1S/C23H27N3O2/c1-15-12-22(8-5-20(15)27-2)13-18-4-3-17(16-6-9-25-10-7-16)11-19(18)23(22)14-28-21(24)26-23/h3-4,6-7,9-11,15,20H,5,8,12-14H2,1-2H3,(H2,24,26)/t15-,20-,22-,23+/m0/s1/i14D2. The Labute approximate surface area is 168 Å². The highest BCUT2D eigenvalue weighted by molar-refractivity contribution is 5.76. The molecule has 0 radical (unpaired) electrons. The lowest BCUT2D eigenvalue weighted by Crippen LogP contribution is -2.48. The molecule has 1 aliphatic heterocycles. The number of rotatable bonds is 2. The van der Waals surface area contributed by atoms with Gasteiger partial charge in [-0.2, -0.15) is 0 Å². The molecule has 1 aromatic heterocycles. The van der Waals surface area contributed by atoms with Gasteiger partial charge in [0.05, 0.1) is 8.85 Å². The Bertz CT molecular complexity index is 1010. The summed E-state index contributed by atoms with van der Waals surface area (Å²) in [6.45, 7) is 0.172. The van der Waals surface area contributed by atoms with Crippen molar-refractivity contribution < 1.29 is 12.2 Å². The average molecular weight is 380 g/mol. The molecule has 2 aliphatic carbocycles. The SMILES string of the molecule is [2H]C1([2H])OC(N)=N[C@@]12c1cc(-c3ccncc3)ccc1C[C@@]21CC[C@H](OC)[C@@H](C)C1. The summed E-state index contributed by atoms with van der Waals surface area (Å²) in [6, 6.07) is 10.2. The lowest BCUT2D eigenvalue weighted by molar-refractivity contribution is -0.0445. The van der Waals surface area contributed by atoms with Gasteiger partial charge in [0.25, 0.3) is 6.02 Å². The zero-order valence-corrected chi connectivity index (χ0v) is 16.3. The molecule has 2 aromatic rings. The maximum Gasteiger partial charge on any atom is 0.283 e. The number of pyridine rings is 1. The molecule has 0 saturated heterocycles. The average Bonchev–Trinajstić information content (AvgIpc) is 3.13. The quantitative estimate of drug-likeness (QED) is 0.864. The lowest BCUT2D eigenvalue weighted by Gasteiger charge is -2.47. The Kier molecular flexibility index (Phi) is 3.50. The maximum atomic E-state index is 8.90. The largest absolute Gasteiger partial charge is 0.462 e. The van der Waals surface area contributed by atoms with E-state index in [-0.39, 0.29) is 12.1 Å². The van der Waals surface area contributed by atoms with Gasteiger partial charge in [-0.15, -0.1) is 0 Å². The highest BCUT2D eigenvalue weighted by Gasteiger charge is 2.62. The second-order valence-electron chi connectivity index (χ2n) is 8.42. The fraction of sp³-hybridized carbons (Fsp3) is 0.478. The number of ether oxygens (including phenoxy) is 2. The molecule has 5 heteroatoms. The Morgan fingerprint density at radius 2 is 2.07 bits per heavy atom. The smallest absolute Gasteiger partial charge is 0.283 e. The van der Waals surface area contributed by atoms with Crippen molar-refractivity contribution >= 4 is 6.02 Å². The van der Waals surface area contributed by atoms with Gasteiger partial charge in [0.2, 0.25) is 0 Å². The number of aromatic nitrogens is 1. The van der Waals surface area contributed by atoms with Crippen molar-refractivity contribution in [3.63, 3.8) is 0 Å². The number of amidine groups is 1. The molecule has 1 aromatic carbocycles. The van der Waals surface area contributed by atoms with E-state index in [1.807, 2.05) is 12.1 Å². The molecule has 4 atom stereocenters. The second kappa shape index (κ2) is 6.31. The van der Waals surface area contributed by atoms with Gasteiger partial charge in [0.15, 0.2) is 0 Å². The molecule has 146 valence electrons. The highest BCUT2D eigenvalue weighted by atomic mass is 16.5. The predicted octanol–water partition coefficient (Wildman–Crippen LogP) is 3.67. The molecule has 1 saturated carbocycles. The number of aliphatic imine (C=N–C) groups is 1. The zero-order valence-electron chi connectivity index (χ0n) is 18.3. The van der Waals surface area contributed by atoms with Crippen molar-refractivity contribution in [2.75, 3.05) is 13.7 Å². The second-order valence-corrected chi connectivity index (χ2v) is 8.42. The highest BCUT2D eigenvalue weighted by Crippen LogP contribution is 2.62. The van der Waals surface area contributed by atoms with Gasteiger partial charge < -0.3 is 15.2 Å². The number of fused-ring (bicyclic) bond motifs is 3. The van der Waals surface area contributed by atoms with E-state index < -0.39 is 17.5 Å². The summed E-state index contributed by atoms with van der Waals surface area (Å²) < 4.78 is 29.0. The Morgan fingerprint density at radius 1 is 1.25 bits per heavy atom. The molecule has 5 rings (SSSR count). The minimum absolute atomic E-state index is 0.0666.